The first kappa shape index (κ1) is 18.0. The number of esters is 1. The number of ether oxygens (including phenoxy) is 1. The molecule has 2 rings (SSSR count). The summed E-state index contributed by atoms with van der Waals surface area (Å²) in [7, 11) is 0. The van der Waals surface area contributed by atoms with Crippen LogP contribution in [0.1, 0.15) is 43.7 Å². The Hall–Kier alpha value is -2.35. The van der Waals surface area contributed by atoms with Gasteiger partial charge in [-0.3, -0.25) is 4.79 Å². The van der Waals surface area contributed by atoms with E-state index in [0.717, 1.165) is 25.7 Å². The van der Waals surface area contributed by atoms with Gasteiger partial charge in [-0.1, -0.05) is 72.3 Å². The van der Waals surface area contributed by atoms with Crippen LogP contribution in [0.5, 0.6) is 0 Å². The van der Waals surface area contributed by atoms with Crippen LogP contribution in [-0.2, 0) is 16.0 Å². The van der Waals surface area contributed by atoms with Crippen molar-refractivity contribution in [3.63, 3.8) is 0 Å². The summed E-state index contributed by atoms with van der Waals surface area (Å²) in [4.78, 5) is 11.4. The second kappa shape index (κ2) is 10.4. The molecule has 2 aromatic rings. The van der Waals surface area contributed by atoms with Crippen molar-refractivity contribution in [2.45, 2.75) is 39.0 Å². The number of rotatable bonds is 9. The third-order valence-corrected chi connectivity index (χ3v) is 3.88. The van der Waals surface area contributed by atoms with Crippen molar-refractivity contribution in [2.24, 2.45) is 0 Å². The molecule has 0 aromatic heterocycles. The zero-order valence-corrected chi connectivity index (χ0v) is 14.4. The first-order chi connectivity index (χ1) is 11.8. The fourth-order valence-corrected chi connectivity index (χ4v) is 2.71. The van der Waals surface area contributed by atoms with Gasteiger partial charge >= 0.3 is 5.97 Å². The van der Waals surface area contributed by atoms with E-state index < -0.39 is 0 Å². The fourth-order valence-electron chi connectivity index (χ4n) is 2.71. The van der Waals surface area contributed by atoms with Gasteiger partial charge in [0, 0.05) is 6.42 Å². The summed E-state index contributed by atoms with van der Waals surface area (Å²) in [5.41, 5.74) is 3.95. The Morgan fingerprint density at radius 1 is 0.917 bits per heavy atom. The quantitative estimate of drug-likeness (QED) is 0.454. The van der Waals surface area contributed by atoms with Crippen LogP contribution in [0.2, 0.25) is 0 Å². The molecule has 0 atom stereocenters. The SMILES string of the molecule is CCOC(=O)CCCC/C(=C\c1ccccc1)Cc1ccccc1. The van der Waals surface area contributed by atoms with Gasteiger partial charge in [-0.25, -0.2) is 0 Å². The molecule has 24 heavy (non-hydrogen) atoms. The zero-order valence-electron chi connectivity index (χ0n) is 14.4. The van der Waals surface area contributed by atoms with Crippen molar-refractivity contribution in [1.82, 2.24) is 0 Å². The lowest BCUT2D eigenvalue weighted by atomic mass is 9.97. The highest BCUT2D eigenvalue weighted by Crippen LogP contribution is 2.19. The number of carbonyl (C=O) groups is 1. The van der Waals surface area contributed by atoms with Crippen LogP contribution in [0.3, 0.4) is 0 Å². The van der Waals surface area contributed by atoms with Crippen LogP contribution in [0, 0.1) is 0 Å². The number of benzene rings is 2. The summed E-state index contributed by atoms with van der Waals surface area (Å²) in [5, 5.41) is 0. The number of unbranched alkanes of at least 4 members (excludes halogenated alkanes) is 1. The predicted molar refractivity (Wildman–Crippen MR) is 99.7 cm³/mol. The molecule has 0 unspecified atom stereocenters. The Bertz CT molecular complexity index is 630. The molecule has 0 heterocycles. The van der Waals surface area contributed by atoms with Gasteiger partial charge in [-0.15, -0.1) is 0 Å². The van der Waals surface area contributed by atoms with Gasteiger partial charge in [0.2, 0.25) is 0 Å². The molecule has 0 aliphatic heterocycles. The van der Waals surface area contributed by atoms with E-state index in [1.54, 1.807) is 0 Å². The molecule has 0 amide bonds. The normalized spacial score (nSPS) is 11.3. The highest BCUT2D eigenvalue weighted by Gasteiger charge is 2.04. The number of carbonyl (C=O) groups excluding carboxylic acids is 1. The molecule has 0 N–H and O–H groups in total. The van der Waals surface area contributed by atoms with Gasteiger partial charge in [0.05, 0.1) is 6.61 Å². The number of hydrogen-bond donors (Lipinski definition) is 0. The van der Waals surface area contributed by atoms with E-state index in [0.29, 0.717) is 13.0 Å². The minimum Gasteiger partial charge on any atom is -0.466 e. The summed E-state index contributed by atoms with van der Waals surface area (Å²) in [5.74, 6) is -0.0888. The van der Waals surface area contributed by atoms with Crippen molar-refractivity contribution in [3.05, 3.63) is 77.4 Å². The summed E-state index contributed by atoms with van der Waals surface area (Å²) >= 11 is 0. The highest BCUT2D eigenvalue weighted by molar-refractivity contribution is 5.69. The van der Waals surface area contributed by atoms with Gasteiger partial charge in [0.15, 0.2) is 0 Å². The van der Waals surface area contributed by atoms with Crippen LogP contribution < -0.4 is 0 Å². The molecule has 2 nitrogen and oxygen atoms in total. The molecule has 0 radical (unpaired) electrons. The van der Waals surface area contributed by atoms with Crippen LogP contribution >= 0.6 is 0 Å². The van der Waals surface area contributed by atoms with Crippen LogP contribution in [0.15, 0.2) is 66.2 Å². The second-order valence-electron chi connectivity index (χ2n) is 5.89. The van der Waals surface area contributed by atoms with E-state index in [1.807, 2.05) is 19.1 Å². The maximum atomic E-state index is 11.4. The average Bonchev–Trinajstić information content (AvgIpc) is 2.61. The van der Waals surface area contributed by atoms with Crippen molar-refractivity contribution in [2.75, 3.05) is 6.61 Å². The predicted octanol–water partition coefficient (Wildman–Crippen LogP) is 5.44. The van der Waals surface area contributed by atoms with Gasteiger partial charge in [-0.2, -0.15) is 0 Å². The smallest absolute Gasteiger partial charge is 0.305 e. The Morgan fingerprint density at radius 3 is 2.21 bits per heavy atom. The molecule has 0 saturated heterocycles. The average molecular weight is 322 g/mol. The lowest BCUT2D eigenvalue weighted by Crippen LogP contribution is -2.03. The molecule has 0 aliphatic rings. The Labute approximate surface area is 145 Å². The molecule has 0 saturated carbocycles. The third kappa shape index (κ3) is 6.82. The Morgan fingerprint density at radius 2 is 1.54 bits per heavy atom. The van der Waals surface area contributed by atoms with Crippen LogP contribution in [-0.4, -0.2) is 12.6 Å². The highest BCUT2D eigenvalue weighted by atomic mass is 16.5. The minimum absolute atomic E-state index is 0.0888. The van der Waals surface area contributed by atoms with Crippen molar-refractivity contribution in [1.29, 1.82) is 0 Å². The molecule has 2 heteroatoms. The summed E-state index contributed by atoms with van der Waals surface area (Å²) in [6.07, 6.45) is 6.62. The molecule has 0 fully saturated rings. The first-order valence-corrected chi connectivity index (χ1v) is 8.72. The number of allylic oxidation sites excluding steroid dienone is 1. The Balaban J connectivity index is 1.95. The molecule has 0 aliphatic carbocycles. The largest absolute Gasteiger partial charge is 0.466 e. The molecule has 2 aromatic carbocycles. The van der Waals surface area contributed by atoms with Crippen molar-refractivity contribution < 1.29 is 9.53 Å². The number of hydrogen-bond acceptors (Lipinski definition) is 2. The maximum Gasteiger partial charge on any atom is 0.305 e. The van der Waals surface area contributed by atoms with Gasteiger partial charge in [-0.05, 0) is 43.7 Å². The second-order valence-corrected chi connectivity index (χ2v) is 5.89. The summed E-state index contributed by atoms with van der Waals surface area (Å²) in [6, 6.07) is 20.9. The van der Waals surface area contributed by atoms with Gasteiger partial charge < -0.3 is 4.74 Å². The van der Waals surface area contributed by atoms with E-state index >= 15 is 0 Å². The lowest BCUT2D eigenvalue weighted by molar-refractivity contribution is -0.143. The summed E-state index contributed by atoms with van der Waals surface area (Å²) < 4.78 is 4.99. The zero-order chi connectivity index (χ0) is 17.0. The fraction of sp³-hybridized carbons (Fsp3) is 0.318. The van der Waals surface area contributed by atoms with Gasteiger partial charge in [0.25, 0.3) is 0 Å². The lowest BCUT2D eigenvalue weighted by Gasteiger charge is -2.09. The molecule has 0 bridgehead atoms. The van der Waals surface area contributed by atoms with Crippen LogP contribution in [0.4, 0.5) is 0 Å². The van der Waals surface area contributed by atoms with Crippen LogP contribution in [0.25, 0.3) is 6.08 Å². The monoisotopic (exact) mass is 322 g/mol. The third-order valence-electron chi connectivity index (χ3n) is 3.88. The molecular weight excluding hydrogens is 296 g/mol. The van der Waals surface area contributed by atoms with Crippen molar-refractivity contribution >= 4 is 12.0 Å². The minimum atomic E-state index is -0.0888. The molecule has 126 valence electrons. The maximum absolute atomic E-state index is 11.4. The standard InChI is InChI=1S/C22H26O2/c1-2-24-22(23)16-10-9-15-21(17-19-11-5-3-6-12-19)18-20-13-7-4-8-14-20/h3-8,11-14,17H,2,9-10,15-16,18H2,1H3/b21-17+. The van der Waals surface area contributed by atoms with E-state index in [9.17, 15) is 4.79 Å². The van der Waals surface area contributed by atoms with Gasteiger partial charge in [0.1, 0.15) is 0 Å². The van der Waals surface area contributed by atoms with E-state index in [-0.39, 0.29) is 5.97 Å². The Kier molecular flexibility index (Phi) is 7.82. The van der Waals surface area contributed by atoms with E-state index in [4.69, 9.17) is 4.74 Å². The van der Waals surface area contributed by atoms with Crippen molar-refractivity contribution in [3.8, 4) is 0 Å². The topological polar surface area (TPSA) is 26.3 Å². The van der Waals surface area contributed by atoms with E-state index in [2.05, 4.69) is 54.6 Å². The summed E-state index contributed by atoms with van der Waals surface area (Å²) in [6.45, 7) is 2.31. The molecular formula is C22H26O2. The first-order valence-electron chi connectivity index (χ1n) is 8.72. The molecule has 0 spiro atoms. The van der Waals surface area contributed by atoms with E-state index in [1.165, 1.54) is 16.7 Å².